The van der Waals surface area contributed by atoms with Crippen LogP contribution >= 0.6 is 24.0 Å². The van der Waals surface area contributed by atoms with E-state index in [9.17, 15) is 8.78 Å². The molecule has 0 fully saturated rings. The van der Waals surface area contributed by atoms with Crippen LogP contribution in [0.5, 0.6) is 0 Å². The summed E-state index contributed by atoms with van der Waals surface area (Å²) >= 11 is 0. The second-order valence-corrected chi connectivity index (χ2v) is 5.56. The SMILES string of the molecule is CCNC(=NCCc1ccc(F)cc1F)NC(C)c1ccc(C)o1.I. The topological polar surface area (TPSA) is 49.6 Å². The minimum Gasteiger partial charge on any atom is -0.464 e. The van der Waals surface area contributed by atoms with Crippen molar-refractivity contribution < 1.29 is 13.2 Å². The number of aliphatic imine (C=N–C) groups is 1. The molecule has 0 aliphatic heterocycles. The third-order valence-electron chi connectivity index (χ3n) is 3.55. The van der Waals surface area contributed by atoms with Gasteiger partial charge in [0, 0.05) is 19.2 Å². The van der Waals surface area contributed by atoms with Crippen LogP contribution < -0.4 is 10.6 Å². The third-order valence-corrected chi connectivity index (χ3v) is 3.55. The number of furan rings is 1. The minimum atomic E-state index is -0.572. The molecule has 4 nitrogen and oxygen atoms in total. The maximum atomic E-state index is 13.6. The first kappa shape index (κ1) is 21.4. The van der Waals surface area contributed by atoms with Crippen LogP contribution in [0.25, 0.3) is 0 Å². The molecule has 138 valence electrons. The number of nitrogens with zero attached hydrogens (tertiary/aromatic N) is 1. The molecule has 0 aliphatic rings. The van der Waals surface area contributed by atoms with E-state index in [1.54, 1.807) is 0 Å². The second-order valence-electron chi connectivity index (χ2n) is 5.56. The van der Waals surface area contributed by atoms with Gasteiger partial charge in [-0.15, -0.1) is 24.0 Å². The lowest BCUT2D eigenvalue weighted by Gasteiger charge is -2.16. The van der Waals surface area contributed by atoms with Crippen molar-refractivity contribution in [3.8, 4) is 0 Å². The molecule has 7 heteroatoms. The number of rotatable bonds is 6. The third kappa shape index (κ3) is 6.64. The van der Waals surface area contributed by atoms with Gasteiger partial charge in [-0.25, -0.2) is 8.78 Å². The number of nitrogens with one attached hydrogen (secondary N) is 2. The standard InChI is InChI=1S/C18H23F2N3O.HI/c1-4-21-18(23-13(3)17-8-5-12(2)24-17)22-10-9-14-6-7-15(19)11-16(14)20;/h5-8,11,13H,4,9-10H2,1-3H3,(H2,21,22,23);1H. The minimum absolute atomic E-state index is 0. The summed E-state index contributed by atoms with van der Waals surface area (Å²) in [5.74, 6) is 1.19. The van der Waals surface area contributed by atoms with Crippen molar-refractivity contribution >= 4 is 29.9 Å². The summed E-state index contributed by atoms with van der Waals surface area (Å²) in [7, 11) is 0. The van der Waals surface area contributed by atoms with Gasteiger partial charge >= 0.3 is 0 Å². The fraction of sp³-hybridized carbons (Fsp3) is 0.389. The van der Waals surface area contributed by atoms with Crippen molar-refractivity contribution in [2.24, 2.45) is 4.99 Å². The number of halogens is 3. The number of benzene rings is 1. The number of guanidine groups is 1. The summed E-state index contributed by atoms with van der Waals surface area (Å²) in [6.45, 7) is 6.94. The lowest BCUT2D eigenvalue weighted by Crippen LogP contribution is -2.38. The van der Waals surface area contributed by atoms with Crippen molar-refractivity contribution in [2.75, 3.05) is 13.1 Å². The van der Waals surface area contributed by atoms with Crippen LogP contribution in [-0.4, -0.2) is 19.0 Å². The lowest BCUT2D eigenvalue weighted by atomic mass is 10.1. The van der Waals surface area contributed by atoms with E-state index in [2.05, 4.69) is 15.6 Å². The van der Waals surface area contributed by atoms with Crippen LogP contribution in [0.2, 0.25) is 0 Å². The molecule has 0 saturated carbocycles. The largest absolute Gasteiger partial charge is 0.464 e. The van der Waals surface area contributed by atoms with Crippen LogP contribution in [0.3, 0.4) is 0 Å². The Bertz CT molecular complexity index is 703. The average Bonchev–Trinajstić information content (AvgIpc) is 2.96. The predicted molar refractivity (Wildman–Crippen MR) is 106 cm³/mol. The van der Waals surface area contributed by atoms with Crippen LogP contribution in [0.4, 0.5) is 8.78 Å². The highest BCUT2D eigenvalue weighted by Gasteiger charge is 2.11. The molecular formula is C18H24F2IN3O. The lowest BCUT2D eigenvalue weighted by molar-refractivity contribution is 0.441. The Labute approximate surface area is 164 Å². The zero-order chi connectivity index (χ0) is 17.5. The summed E-state index contributed by atoms with van der Waals surface area (Å²) in [6.07, 6.45) is 0.400. The molecule has 0 spiro atoms. The van der Waals surface area contributed by atoms with Crippen LogP contribution in [0, 0.1) is 18.6 Å². The first-order chi connectivity index (χ1) is 11.5. The first-order valence-corrected chi connectivity index (χ1v) is 8.04. The van der Waals surface area contributed by atoms with Crippen LogP contribution in [0.1, 0.15) is 37.0 Å². The van der Waals surface area contributed by atoms with E-state index >= 15 is 0 Å². The van der Waals surface area contributed by atoms with Gasteiger partial charge < -0.3 is 15.1 Å². The van der Waals surface area contributed by atoms with E-state index < -0.39 is 11.6 Å². The number of aryl methyl sites for hydroxylation is 1. The van der Waals surface area contributed by atoms with Crippen molar-refractivity contribution in [3.63, 3.8) is 0 Å². The van der Waals surface area contributed by atoms with Gasteiger partial charge in [0.1, 0.15) is 23.2 Å². The number of hydrogen-bond donors (Lipinski definition) is 2. The molecule has 25 heavy (non-hydrogen) atoms. The van der Waals surface area contributed by atoms with E-state index in [0.29, 0.717) is 31.0 Å². The second kappa shape index (κ2) is 10.4. The van der Waals surface area contributed by atoms with E-state index in [-0.39, 0.29) is 30.0 Å². The van der Waals surface area contributed by atoms with Crippen molar-refractivity contribution in [1.29, 1.82) is 0 Å². The molecule has 0 aliphatic carbocycles. The molecule has 1 unspecified atom stereocenters. The maximum Gasteiger partial charge on any atom is 0.191 e. The average molecular weight is 463 g/mol. The molecule has 1 heterocycles. The molecule has 0 saturated heterocycles. The van der Waals surface area contributed by atoms with E-state index in [1.165, 1.54) is 12.1 Å². The van der Waals surface area contributed by atoms with Crippen molar-refractivity contribution in [3.05, 3.63) is 59.1 Å². The zero-order valence-electron chi connectivity index (χ0n) is 14.6. The quantitative estimate of drug-likeness (QED) is 0.381. The van der Waals surface area contributed by atoms with E-state index in [4.69, 9.17) is 4.42 Å². The Kier molecular flexibility index (Phi) is 8.88. The van der Waals surface area contributed by atoms with Gasteiger partial charge in [0.15, 0.2) is 5.96 Å². The smallest absolute Gasteiger partial charge is 0.191 e. The maximum absolute atomic E-state index is 13.6. The van der Waals surface area contributed by atoms with Crippen LogP contribution in [0.15, 0.2) is 39.7 Å². The highest BCUT2D eigenvalue weighted by molar-refractivity contribution is 14.0. The van der Waals surface area contributed by atoms with E-state index in [1.807, 2.05) is 32.9 Å². The van der Waals surface area contributed by atoms with Gasteiger partial charge in [0.2, 0.25) is 0 Å². The molecule has 1 atom stereocenters. The van der Waals surface area contributed by atoms with Crippen molar-refractivity contribution in [1.82, 2.24) is 10.6 Å². The fourth-order valence-corrected chi connectivity index (χ4v) is 2.29. The molecule has 2 N–H and O–H groups in total. The Morgan fingerprint density at radius 3 is 2.60 bits per heavy atom. The van der Waals surface area contributed by atoms with Gasteiger partial charge in [-0.1, -0.05) is 6.07 Å². The Balaban J connectivity index is 0.00000312. The van der Waals surface area contributed by atoms with Crippen LogP contribution in [-0.2, 0) is 6.42 Å². The Hall–Kier alpha value is -1.64. The summed E-state index contributed by atoms with van der Waals surface area (Å²) < 4.78 is 32.1. The monoisotopic (exact) mass is 463 g/mol. The van der Waals surface area contributed by atoms with Gasteiger partial charge in [-0.3, -0.25) is 4.99 Å². The van der Waals surface area contributed by atoms with Gasteiger partial charge in [0.25, 0.3) is 0 Å². The molecule has 0 bridgehead atoms. The molecule has 0 amide bonds. The van der Waals surface area contributed by atoms with Gasteiger partial charge in [-0.05, 0) is 51.0 Å². The van der Waals surface area contributed by atoms with Gasteiger partial charge in [0.05, 0.1) is 6.04 Å². The highest BCUT2D eigenvalue weighted by Crippen LogP contribution is 2.15. The highest BCUT2D eigenvalue weighted by atomic mass is 127. The Morgan fingerprint density at radius 2 is 2.00 bits per heavy atom. The summed E-state index contributed by atoms with van der Waals surface area (Å²) in [6, 6.07) is 7.39. The number of hydrogen-bond acceptors (Lipinski definition) is 2. The predicted octanol–water partition coefficient (Wildman–Crippen LogP) is 4.34. The summed E-state index contributed by atoms with van der Waals surface area (Å²) in [5, 5.41) is 6.39. The fourth-order valence-electron chi connectivity index (χ4n) is 2.29. The molecular weight excluding hydrogens is 439 g/mol. The molecule has 0 radical (unpaired) electrons. The Morgan fingerprint density at radius 1 is 1.24 bits per heavy atom. The summed E-state index contributed by atoms with van der Waals surface area (Å²) in [4.78, 5) is 4.44. The first-order valence-electron chi connectivity index (χ1n) is 8.04. The van der Waals surface area contributed by atoms with E-state index in [0.717, 1.165) is 17.6 Å². The van der Waals surface area contributed by atoms with Gasteiger partial charge in [-0.2, -0.15) is 0 Å². The van der Waals surface area contributed by atoms with Crippen molar-refractivity contribution in [2.45, 2.75) is 33.2 Å². The molecule has 2 aromatic rings. The molecule has 2 rings (SSSR count). The normalized spacial score (nSPS) is 12.4. The summed E-state index contributed by atoms with van der Waals surface area (Å²) in [5.41, 5.74) is 0.450. The molecule has 1 aromatic heterocycles. The zero-order valence-corrected chi connectivity index (χ0v) is 16.9. The molecule has 1 aromatic carbocycles.